The van der Waals surface area contributed by atoms with E-state index in [4.69, 9.17) is 5.11 Å². The third kappa shape index (κ3) is 2.71. The van der Waals surface area contributed by atoms with Crippen LogP contribution in [0.4, 0.5) is 0 Å². The summed E-state index contributed by atoms with van der Waals surface area (Å²) in [6.07, 6.45) is 3.25. The van der Waals surface area contributed by atoms with E-state index in [-0.39, 0.29) is 0 Å². The standard InChI is InChI=1S/C10H11NO2/c1-7(10(12)13)5-9-4-3-8(2)11-6-9/h3-6H,1-2H3,(H,12,13)/b7-5-. The van der Waals surface area contributed by atoms with Gasteiger partial charge in [-0.05, 0) is 31.6 Å². The van der Waals surface area contributed by atoms with Crippen molar-refractivity contribution in [3.05, 3.63) is 35.2 Å². The molecule has 0 aliphatic rings. The monoisotopic (exact) mass is 177 g/mol. The Morgan fingerprint density at radius 1 is 1.54 bits per heavy atom. The van der Waals surface area contributed by atoms with E-state index in [1.54, 1.807) is 19.2 Å². The highest BCUT2D eigenvalue weighted by molar-refractivity contribution is 5.91. The van der Waals surface area contributed by atoms with Gasteiger partial charge in [-0.25, -0.2) is 4.79 Å². The fourth-order valence-electron chi connectivity index (χ4n) is 0.876. The van der Waals surface area contributed by atoms with Crippen molar-refractivity contribution in [1.29, 1.82) is 0 Å². The first-order chi connectivity index (χ1) is 6.09. The molecule has 0 radical (unpaired) electrons. The number of aryl methyl sites for hydroxylation is 1. The smallest absolute Gasteiger partial charge is 0.331 e. The summed E-state index contributed by atoms with van der Waals surface area (Å²) in [6, 6.07) is 3.69. The molecule has 0 saturated heterocycles. The van der Waals surface area contributed by atoms with Crippen LogP contribution in [0.25, 0.3) is 6.08 Å². The number of hydrogen-bond donors (Lipinski definition) is 1. The summed E-state index contributed by atoms with van der Waals surface area (Å²) in [5, 5.41) is 8.61. The molecule has 0 amide bonds. The van der Waals surface area contributed by atoms with Crippen LogP contribution in [0.5, 0.6) is 0 Å². The maximum atomic E-state index is 10.5. The Morgan fingerprint density at radius 2 is 2.23 bits per heavy atom. The Labute approximate surface area is 76.7 Å². The number of pyridine rings is 1. The van der Waals surface area contributed by atoms with Crippen LogP contribution < -0.4 is 0 Å². The zero-order valence-electron chi connectivity index (χ0n) is 7.61. The highest BCUT2D eigenvalue weighted by Crippen LogP contribution is 2.05. The molecule has 0 aromatic carbocycles. The summed E-state index contributed by atoms with van der Waals surface area (Å²) >= 11 is 0. The third-order valence-electron chi connectivity index (χ3n) is 1.65. The SMILES string of the molecule is C/C(=C/c1ccc(C)nc1)C(=O)O. The molecular weight excluding hydrogens is 166 g/mol. The second-order valence-electron chi connectivity index (χ2n) is 2.87. The predicted molar refractivity (Wildman–Crippen MR) is 50.3 cm³/mol. The zero-order chi connectivity index (χ0) is 9.84. The topological polar surface area (TPSA) is 50.2 Å². The largest absolute Gasteiger partial charge is 0.478 e. The molecule has 0 saturated carbocycles. The Kier molecular flexibility index (Phi) is 2.80. The van der Waals surface area contributed by atoms with E-state index in [9.17, 15) is 4.79 Å². The van der Waals surface area contributed by atoms with Crippen LogP contribution >= 0.6 is 0 Å². The van der Waals surface area contributed by atoms with Gasteiger partial charge in [0, 0.05) is 17.5 Å². The molecule has 13 heavy (non-hydrogen) atoms. The lowest BCUT2D eigenvalue weighted by Crippen LogP contribution is -1.95. The van der Waals surface area contributed by atoms with Gasteiger partial charge in [-0.3, -0.25) is 4.98 Å². The van der Waals surface area contributed by atoms with Gasteiger partial charge < -0.3 is 5.11 Å². The van der Waals surface area contributed by atoms with Gasteiger partial charge in [0.25, 0.3) is 0 Å². The summed E-state index contributed by atoms with van der Waals surface area (Å²) < 4.78 is 0. The van der Waals surface area contributed by atoms with Crippen molar-refractivity contribution in [1.82, 2.24) is 4.98 Å². The van der Waals surface area contributed by atoms with Crippen molar-refractivity contribution < 1.29 is 9.90 Å². The van der Waals surface area contributed by atoms with Crippen LogP contribution in [0, 0.1) is 6.92 Å². The summed E-state index contributed by atoms with van der Waals surface area (Å²) in [5.41, 5.74) is 2.04. The molecule has 3 nitrogen and oxygen atoms in total. The molecule has 1 rings (SSSR count). The number of carboxylic acids is 1. The van der Waals surface area contributed by atoms with Crippen molar-refractivity contribution >= 4 is 12.0 Å². The molecule has 1 heterocycles. The summed E-state index contributed by atoms with van der Waals surface area (Å²) in [5.74, 6) is -0.902. The summed E-state index contributed by atoms with van der Waals surface area (Å²) in [4.78, 5) is 14.5. The van der Waals surface area contributed by atoms with Gasteiger partial charge in [0.2, 0.25) is 0 Å². The Morgan fingerprint density at radius 3 is 2.69 bits per heavy atom. The number of nitrogens with zero attached hydrogens (tertiary/aromatic N) is 1. The molecule has 1 aromatic rings. The van der Waals surface area contributed by atoms with Gasteiger partial charge in [-0.2, -0.15) is 0 Å². The Balaban J connectivity index is 2.92. The summed E-state index contributed by atoms with van der Waals surface area (Å²) in [7, 11) is 0. The number of carboxylic acid groups (broad SMARTS) is 1. The second-order valence-corrected chi connectivity index (χ2v) is 2.87. The lowest BCUT2D eigenvalue weighted by Gasteiger charge is -1.95. The average Bonchev–Trinajstić information content (AvgIpc) is 2.08. The van der Waals surface area contributed by atoms with E-state index in [1.165, 1.54) is 0 Å². The number of rotatable bonds is 2. The van der Waals surface area contributed by atoms with Gasteiger partial charge >= 0.3 is 5.97 Å². The van der Waals surface area contributed by atoms with Crippen LogP contribution in [0.3, 0.4) is 0 Å². The van der Waals surface area contributed by atoms with Crippen LogP contribution in [0.1, 0.15) is 18.2 Å². The number of carbonyl (C=O) groups is 1. The highest BCUT2D eigenvalue weighted by atomic mass is 16.4. The van der Waals surface area contributed by atoms with Crippen molar-refractivity contribution in [3.8, 4) is 0 Å². The minimum Gasteiger partial charge on any atom is -0.478 e. The number of aliphatic carboxylic acids is 1. The van der Waals surface area contributed by atoms with E-state index in [0.29, 0.717) is 5.57 Å². The fraction of sp³-hybridized carbons (Fsp3) is 0.200. The zero-order valence-corrected chi connectivity index (χ0v) is 7.61. The molecular formula is C10H11NO2. The van der Waals surface area contributed by atoms with E-state index < -0.39 is 5.97 Å². The lowest BCUT2D eigenvalue weighted by molar-refractivity contribution is -0.132. The molecule has 1 aromatic heterocycles. The van der Waals surface area contributed by atoms with Gasteiger partial charge in [0.1, 0.15) is 0 Å². The molecule has 0 bridgehead atoms. The quantitative estimate of drug-likeness (QED) is 0.701. The van der Waals surface area contributed by atoms with E-state index >= 15 is 0 Å². The maximum absolute atomic E-state index is 10.5. The first-order valence-electron chi connectivity index (χ1n) is 3.94. The van der Waals surface area contributed by atoms with E-state index in [2.05, 4.69) is 4.98 Å². The second kappa shape index (κ2) is 3.85. The molecule has 0 spiro atoms. The molecule has 0 aliphatic carbocycles. The van der Waals surface area contributed by atoms with Gasteiger partial charge in [-0.15, -0.1) is 0 Å². The van der Waals surface area contributed by atoms with Gasteiger partial charge in [-0.1, -0.05) is 6.07 Å². The molecule has 0 unspecified atom stereocenters. The van der Waals surface area contributed by atoms with Crippen LogP contribution in [-0.4, -0.2) is 16.1 Å². The molecule has 0 aliphatic heterocycles. The third-order valence-corrected chi connectivity index (χ3v) is 1.65. The minimum absolute atomic E-state index is 0.311. The molecule has 0 atom stereocenters. The van der Waals surface area contributed by atoms with Gasteiger partial charge in [0.15, 0.2) is 0 Å². The lowest BCUT2D eigenvalue weighted by atomic mass is 10.2. The normalized spacial score (nSPS) is 11.4. The molecule has 68 valence electrons. The molecule has 0 fully saturated rings. The number of hydrogen-bond acceptors (Lipinski definition) is 2. The Hall–Kier alpha value is -1.64. The maximum Gasteiger partial charge on any atom is 0.331 e. The summed E-state index contributed by atoms with van der Waals surface area (Å²) in [6.45, 7) is 3.44. The van der Waals surface area contributed by atoms with Gasteiger partial charge in [0.05, 0.1) is 0 Å². The van der Waals surface area contributed by atoms with Crippen LogP contribution in [0.15, 0.2) is 23.9 Å². The van der Waals surface area contributed by atoms with E-state index in [1.807, 2.05) is 19.1 Å². The van der Waals surface area contributed by atoms with Crippen molar-refractivity contribution in [3.63, 3.8) is 0 Å². The van der Waals surface area contributed by atoms with Crippen molar-refractivity contribution in [2.24, 2.45) is 0 Å². The van der Waals surface area contributed by atoms with Crippen molar-refractivity contribution in [2.45, 2.75) is 13.8 Å². The number of aromatic nitrogens is 1. The highest BCUT2D eigenvalue weighted by Gasteiger charge is 1.99. The molecule has 1 N–H and O–H groups in total. The average molecular weight is 177 g/mol. The van der Waals surface area contributed by atoms with E-state index in [0.717, 1.165) is 11.3 Å². The minimum atomic E-state index is -0.902. The fourth-order valence-corrected chi connectivity index (χ4v) is 0.876. The first-order valence-corrected chi connectivity index (χ1v) is 3.94. The molecule has 3 heteroatoms. The van der Waals surface area contributed by atoms with Crippen LogP contribution in [0.2, 0.25) is 0 Å². The predicted octanol–water partition coefficient (Wildman–Crippen LogP) is 1.88. The van der Waals surface area contributed by atoms with Crippen molar-refractivity contribution in [2.75, 3.05) is 0 Å². The Bertz CT molecular complexity index is 338. The first kappa shape index (κ1) is 9.45. The van der Waals surface area contributed by atoms with Crippen LogP contribution in [-0.2, 0) is 4.79 Å².